The Hall–Kier alpha value is -2.78. The van der Waals surface area contributed by atoms with E-state index < -0.39 is 0 Å². The Morgan fingerprint density at radius 2 is 1.66 bits per heavy atom. The first-order valence-electron chi connectivity index (χ1n) is 10.3. The van der Waals surface area contributed by atoms with Gasteiger partial charge in [0.1, 0.15) is 6.61 Å². The van der Waals surface area contributed by atoms with Crippen LogP contribution >= 0.6 is 0 Å². The van der Waals surface area contributed by atoms with Gasteiger partial charge in [0.05, 0.1) is 13.2 Å². The van der Waals surface area contributed by atoms with Crippen LogP contribution in [0.15, 0.2) is 54.6 Å². The number of rotatable bonds is 5. The van der Waals surface area contributed by atoms with Crippen LogP contribution < -0.4 is 14.8 Å². The van der Waals surface area contributed by atoms with Crippen molar-refractivity contribution in [3.05, 3.63) is 93.5 Å². The van der Waals surface area contributed by atoms with Crippen LogP contribution in [-0.4, -0.2) is 13.7 Å². The van der Waals surface area contributed by atoms with Crippen LogP contribution in [0.3, 0.4) is 0 Å². The Bertz CT molecular complexity index is 988. The van der Waals surface area contributed by atoms with E-state index in [0.29, 0.717) is 6.61 Å². The van der Waals surface area contributed by atoms with Crippen LogP contribution in [0.1, 0.15) is 45.0 Å². The molecule has 150 valence electrons. The summed E-state index contributed by atoms with van der Waals surface area (Å²) in [5, 5.41) is 3.73. The van der Waals surface area contributed by atoms with E-state index in [9.17, 15) is 0 Å². The quantitative estimate of drug-likeness (QED) is 0.633. The van der Waals surface area contributed by atoms with Gasteiger partial charge in [0.2, 0.25) is 0 Å². The van der Waals surface area contributed by atoms with Crippen LogP contribution in [0, 0.1) is 20.8 Å². The largest absolute Gasteiger partial charge is 0.493 e. The second-order valence-electron chi connectivity index (χ2n) is 7.93. The maximum atomic E-state index is 6.19. The molecule has 0 saturated heterocycles. The zero-order valence-electron chi connectivity index (χ0n) is 17.7. The van der Waals surface area contributed by atoms with Gasteiger partial charge in [-0.1, -0.05) is 48.0 Å². The first kappa shape index (κ1) is 19.5. The zero-order valence-corrected chi connectivity index (χ0v) is 17.7. The molecule has 0 aliphatic carbocycles. The van der Waals surface area contributed by atoms with Gasteiger partial charge in [-0.15, -0.1) is 0 Å². The van der Waals surface area contributed by atoms with Gasteiger partial charge < -0.3 is 14.8 Å². The van der Waals surface area contributed by atoms with E-state index in [1.165, 1.54) is 33.4 Å². The van der Waals surface area contributed by atoms with Gasteiger partial charge in [-0.25, -0.2) is 0 Å². The van der Waals surface area contributed by atoms with Gasteiger partial charge in [-0.2, -0.15) is 0 Å². The van der Waals surface area contributed by atoms with E-state index in [1.807, 2.05) is 18.2 Å². The van der Waals surface area contributed by atoms with Crippen LogP contribution in [0.25, 0.3) is 0 Å². The molecule has 0 radical (unpaired) electrons. The van der Waals surface area contributed by atoms with Crippen molar-refractivity contribution < 1.29 is 9.47 Å². The normalized spacial score (nSPS) is 15.7. The third-order valence-corrected chi connectivity index (χ3v) is 5.74. The molecule has 1 aliphatic rings. The molecule has 3 nitrogen and oxygen atoms in total. The molecule has 1 unspecified atom stereocenters. The maximum Gasteiger partial charge on any atom is 0.162 e. The number of methoxy groups -OCH3 is 1. The van der Waals surface area contributed by atoms with Gasteiger partial charge in [0.15, 0.2) is 11.5 Å². The Morgan fingerprint density at radius 1 is 0.931 bits per heavy atom. The van der Waals surface area contributed by atoms with Crippen molar-refractivity contribution in [1.29, 1.82) is 0 Å². The summed E-state index contributed by atoms with van der Waals surface area (Å²) >= 11 is 0. The molecule has 0 saturated carbocycles. The van der Waals surface area contributed by atoms with Gasteiger partial charge in [0, 0.05) is 6.54 Å². The van der Waals surface area contributed by atoms with E-state index in [4.69, 9.17) is 9.47 Å². The van der Waals surface area contributed by atoms with Crippen LogP contribution in [0.5, 0.6) is 11.5 Å². The summed E-state index contributed by atoms with van der Waals surface area (Å²) in [7, 11) is 1.71. The van der Waals surface area contributed by atoms with Crippen LogP contribution in [0.2, 0.25) is 0 Å². The molecule has 1 aliphatic heterocycles. The lowest BCUT2D eigenvalue weighted by Gasteiger charge is -2.31. The summed E-state index contributed by atoms with van der Waals surface area (Å²) < 4.78 is 11.8. The molecular weight excluding hydrogens is 358 g/mol. The third kappa shape index (κ3) is 4.01. The van der Waals surface area contributed by atoms with Gasteiger partial charge >= 0.3 is 0 Å². The molecule has 3 aromatic carbocycles. The van der Waals surface area contributed by atoms with E-state index in [2.05, 4.69) is 62.5 Å². The van der Waals surface area contributed by atoms with Gasteiger partial charge in [0.25, 0.3) is 0 Å². The number of nitrogens with one attached hydrogen (secondary N) is 1. The average molecular weight is 388 g/mol. The molecule has 0 bridgehead atoms. The minimum atomic E-state index is 0.171. The molecule has 29 heavy (non-hydrogen) atoms. The van der Waals surface area contributed by atoms with Crippen molar-refractivity contribution in [3.63, 3.8) is 0 Å². The fourth-order valence-electron chi connectivity index (χ4n) is 4.48. The van der Waals surface area contributed by atoms with Gasteiger partial charge in [-0.3, -0.25) is 0 Å². The van der Waals surface area contributed by atoms with Crippen molar-refractivity contribution in [2.24, 2.45) is 0 Å². The Balaban J connectivity index is 1.73. The smallest absolute Gasteiger partial charge is 0.162 e. The topological polar surface area (TPSA) is 30.5 Å². The third-order valence-electron chi connectivity index (χ3n) is 5.74. The summed E-state index contributed by atoms with van der Waals surface area (Å²) in [5.41, 5.74) is 9.10. The standard InChI is InChI=1S/C26H29NO2/c1-17-12-18(2)25(19(3)13-17)26-22-15-24(29-16-20-8-6-5-7-9-20)23(28-4)14-21(22)10-11-27-26/h5-9,12-15,26-27H,10-11,16H2,1-4H3. The number of aryl methyl sites for hydroxylation is 3. The number of hydrogen-bond donors (Lipinski definition) is 1. The summed E-state index contributed by atoms with van der Waals surface area (Å²) in [4.78, 5) is 0. The summed E-state index contributed by atoms with van der Waals surface area (Å²) in [6.07, 6.45) is 0.991. The minimum Gasteiger partial charge on any atom is -0.493 e. The highest BCUT2D eigenvalue weighted by molar-refractivity contribution is 5.54. The fraction of sp³-hybridized carbons (Fsp3) is 0.308. The molecule has 0 fully saturated rings. The second kappa shape index (κ2) is 8.30. The molecule has 0 amide bonds. The van der Waals surface area contributed by atoms with Crippen molar-refractivity contribution in [2.45, 2.75) is 39.8 Å². The summed E-state index contributed by atoms with van der Waals surface area (Å²) in [6.45, 7) is 8.06. The molecule has 1 atom stereocenters. The molecule has 3 heteroatoms. The Kier molecular flexibility index (Phi) is 5.59. The summed E-state index contributed by atoms with van der Waals surface area (Å²) in [5.74, 6) is 1.60. The second-order valence-corrected chi connectivity index (χ2v) is 7.93. The van der Waals surface area contributed by atoms with Crippen LogP contribution in [0.4, 0.5) is 0 Å². The minimum absolute atomic E-state index is 0.171. The van der Waals surface area contributed by atoms with Crippen molar-refractivity contribution in [3.8, 4) is 11.5 Å². The molecule has 1 N–H and O–H groups in total. The van der Waals surface area contributed by atoms with Crippen LogP contribution in [-0.2, 0) is 13.0 Å². The average Bonchev–Trinajstić information content (AvgIpc) is 2.72. The van der Waals surface area contributed by atoms with Gasteiger partial charge in [-0.05, 0) is 72.7 Å². The van der Waals surface area contributed by atoms with E-state index in [-0.39, 0.29) is 6.04 Å². The first-order valence-corrected chi connectivity index (χ1v) is 10.3. The zero-order chi connectivity index (χ0) is 20.4. The number of hydrogen-bond acceptors (Lipinski definition) is 3. The molecule has 4 rings (SSSR count). The predicted molar refractivity (Wildman–Crippen MR) is 118 cm³/mol. The Labute approximate surface area is 173 Å². The lowest BCUT2D eigenvalue weighted by Crippen LogP contribution is -2.31. The molecule has 1 heterocycles. The monoisotopic (exact) mass is 387 g/mol. The fourth-order valence-corrected chi connectivity index (χ4v) is 4.48. The predicted octanol–water partition coefficient (Wildman–Crippen LogP) is 5.43. The maximum absolute atomic E-state index is 6.19. The number of fused-ring (bicyclic) bond motifs is 1. The van der Waals surface area contributed by atoms with Crippen molar-refractivity contribution in [2.75, 3.05) is 13.7 Å². The summed E-state index contributed by atoms with van der Waals surface area (Å²) in [6, 6.07) is 19.3. The highest BCUT2D eigenvalue weighted by Gasteiger charge is 2.26. The van der Waals surface area contributed by atoms with Crippen molar-refractivity contribution >= 4 is 0 Å². The number of benzene rings is 3. The first-order chi connectivity index (χ1) is 14.1. The SMILES string of the molecule is COc1cc2c(cc1OCc1ccccc1)C(c1c(C)cc(C)cc1C)NCC2. The van der Waals surface area contributed by atoms with E-state index in [1.54, 1.807) is 7.11 Å². The highest BCUT2D eigenvalue weighted by Crippen LogP contribution is 2.39. The highest BCUT2D eigenvalue weighted by atomic mass is 16.5. The van der Waals surface area contributed by atoms with E-state index in [0.717, 1.165) is 30.0 Å². The molecule has 0 aromatic heterocycles. The lowest BCUT2D eigenvalue weighted by atomic mass is 9.85. The number of ether oxygens (including phenoxy) is 2. The molecule has 0 spiro atoms. The van der Waals surface area contributed by atoms with Crippen molar-refractivity contribution in [1.82, 2.24) is 5.32 Å². The van der Waals surface area contributed by atoms with E-state index >= 15 is 0 Å². The Morgan fingerprint density at radius 3 is 2.34 bits per heavy atom. The lowest BCUT2D eigenvalue weighted by molar-refractivity contribution is 0.283. The molecule has 3 aromatic rings. The molecular formula is C26H29NO2.